The number of hydrogen-bond donors (Lipinski definition) is 1. The highest BCUT2D eigenvalue weighted by molar-refractivity contribution is 5.03. The maximum Gasteiger partial charge on any atom is 0.0492 e. The molecule has 2 rings (SSSR count). The van der Waals surface area contributed by atoms with Crippen molar-refractivity contribution in [2.24, 2.45) is 24.1 Å². The Morgan fingerprint density at radius 3 is 2.55 bits per heavy atom. The van der Waals surface area contributed by atoms with Crippen LogP contribution in [0.3, 0.4) is 0 Å². The highest BCUT2D eigenvalue weighted by Gasteiger charge is 2.37. The van der Waals surface area contributed by atoms with E-state index in [9.17, 15) is 0 Å². The Morgan fingerprint density at radius 1 is 1.40 bits per heavy atom. The van der Waals surface area contributed by atoms with Crippen molar-refractivity contribution in [1.82, 2.24) is 9.78 Å². The number of rotatable bonds is 5. The van der Waals surface area contributed by atoms with Crippen molar-refractivity contribution in [2.45, 2.75) is 71.3 Å². The maximum absolute atomic E-state index is 6.64. The standard InChI is InChI=1S/C17H31N3/c1-5-16(2,3)14-6-10-17(18,11-7-14)12-8-15-9-13-19-20(15)4/h9,13-14H,5-8,10-12,18H2,1-4H3. The SMILES string of the molecule is CCC(C)(C)C1CCC(N)(CCc2ccnn2C)CC1. The van der Waals surface area contributed by atoms with E-state index in [4.69, 9.17) is 5.73 Å². The number of aryl methyl sites for hydroxylation is 2. The molecule has 114 valence electrons. The van der Waals surface area contributed by atoms with Crippen molar-refractivity contribution in [3.63, 3.8) is 0 Å². The van der Waals surface area contributed by atoms with E-state index in [1.165, 1.54) is 37.8 Å². The van der Waals surface area contributed by atoms with Crippen LogP contribution in [0.4, 0.5) is 0 Å². The Bertz CT molecular complexity index is 425. The summed E-state index contributed by atoms with van der Waals surface area (Å²) < 4.78 is 1.97. The van der Waals surface area contributed by atoms with E-state index in [1.54, 1.807) is 0 Å². The first-order valence-electron chi connectivity index (χ1n) is 8.12. The van der Waals surface area contributed by atoms with Crippen molar-refractivity contribution in [2.75, 3.05) is 0 Å². The van der Waals surface area contributed by atoms with Gasteiger partial charge in [-0.25, -0.2) is 0 Å². The third kappa shape index (κ3) is 3.43. The van der Waals surface area contributed by atoms with Crippen LogP contribution in [0, 0.1) is 11.3 Å². The molecule has 0 aliphatic heterocycles. The van der Waals surface area contributed by atoms with Crippen LogP contribution in [0.2, 0.25) is 0 Å². The minimum Gasteiger partial charge on any atom is -0.325 e. The normalized spacial score (nSPS) is 27.8. The second-order valence-electron chi connectivity index (χ2n) is 7.42. The molecule has 2 N–H and O–H groups in total. The minimum atomic E-state index is 0.0462. The molecule has 0 radical (unpaired) electrons. The van der Waals surface area contributed by atoms with Crippen LogP contribution in [-0.2, 0) is 13.5 Å². The summed E-state index contributed by atoms with van der Waals surface area (Å²) in [5.74, 6) is 0.848. The van der Waals surface area contributed by atoms with Gasteiger partial charge in [-0.1, -0.05) is 27.2 Å². The molecule has 1 heterocycles. The molecule has 1 aliphatic carbocycles. The summed E-state index contributed by atoms with van der Waals surface area (Å²) in [6.45, 7) is 7.14. The van der Waals surface area contributed by atoms with Gasteiger partial charge < -0.3 is 5.73 Å². The first-order chi connectivity index (χ1) is 9.36. The quantitative estimate of drug-likeness (QED) is 0.892. The fourth-order valence-corrected chi connectivity index (χ4v) is 3.54. The molecule has 0 saturated heterocycles. The molecule has 0 unspecified atom stereocenters. The molecule has 0 aromatic carbocycles. The van der Waals surface area contributed by atoms with Crippen LogP contribution in [0.5, 0.6) is 0 Å². The lowest BCUT2D eigenvalue weighted by Crippen LogP contribution is -2.45. The average Bonchev–Trinajstić information content (AvgIpc) is 2.83. The fraction of sp³-hybridized carbons (Fsp3) is 0.824. The molecule has 3 heteroatoms. The molecule has 1 aromatic rings. The van der Waals surface area contributed by atoms with E-state index in [2.05, 4.69) is 31.9 Å². The second-order valence-corrected chi connectivity index (χ2v) is 7.42. The van der Waals surface area contributed by atoms with Crippen molar-refractivity contribution in [3.8, 4) is 0 Å². The minimum absolute atomic E-state index is 0.0462. The highest BCUT2D eigenvalue weighted by Crippen LogP contribution is 2.43. The molecule has 0 spiro atoms. The molecular formula is C17H31N3. The Balaban J connectivity index is 1.87. The van der Waals surface area contributed by atoms with Crippen LogP contribution < -0.4 is 5.73 Å². The Morgan fingerprint density at radius 2 is 2.05 bits per heavy atom. The molecule has 1 fully saturated rings. The van der Waals surface area contributed by atoms with Crippen molar-refractivity contribution < 1.29 is 0 Å². The van der Waals surface area contributed by atoms with E-state index in [0.29, 0.717) is 5.41 Å². The zero-order valence-corrected chi connectivity index (χ0v) is 13.7. The second kappa shape index (κ2) is 5.88. The van der Waals surface area contributed by atoms with Gasteiger partial charge in [0.15, 0.2) is 0 Å². The Kier molecular flexibility index (Phi) is 4.58. The van der Waals surface area contributed by atoms with E-state index in [0.717, 1.165) is 18.8 Å². The molecule has 20 heavy (non-hydrogen) atoms. The van der Waals surface area contributed by atoms with Gasteiger partial charge in [0, 0.05) is 24.5 Å². The van der Waals surface area contributed by atoms with Crippen LogP contribution in [0.1, 0.15) is 65.0 Å². The van der Waals surface area contributed by atoms with Gasteiger partial charge >= 0.3 is 0 Å². The molecular weight excluding hydrogens is 246 g/mol. The lowest BCUT2D eigenvalue weighted by Gasteiger charge is -2.43. The zero-order chi connectivity index (χ0) is 14.8. The van der Waals surface area contributed by atoms with Crippen molar-refractivity contribution >= 4 is 0 Å². The van der Waals surface area contributed by atoms with E-state index in [-0.39, 0.29) is 5.54 Å². The smallest absolute Gasteiger partial charge is 0.0492 e. The lowest BCUT2D eigenvalue weighted by atomic mass is 9.65. The predicted octanol–water partition coefficient (Wildman–Crippen LogP) is 3.68. The lowest BCUT2D eigenvalue weighted by molar-refractivity contribution is 0.112. The van der Waals surface area contributed by atoms with Crippen LogP contribution in [0.25, 0.3) is 0 Å². The highest BCUT2D eigenvalue weighted by atomic mass is 15.2. The summed E-state index contributed by atoms with van der Waals surface area (Å²) >= 11 is 0. The number of nitrogens with zero attached hydrogens (tertiary/aromatic N) is 2. The Labute approximate surface area is 123 Å². The molecule has 0 bridgehead atoms. The molecule has 0 atom stereocenters. The summed E-state index contributed by atoms with van der Waals surface area (Å²) in [5.41, 5.74) is 8.46. The largest absolute Gasteiger partial charge is 0.325 e. The van der Waals surface area contributed by atoms with Gasteiger partial charge in [-0.3, -0.25) is 4.68 Å². The average molecular weight is 277 g/mol. The van der Waals surface area contributed by atoms with Gasteiger partial charge in [0.2, 0.25) is 0 Å². The van der Waals surface area contributed by atoms with Crippen molar-refractivity contribution in [1.29, 1.82) is 0 Å². The van der Waals surface area contributed by atoms with Crippen LogP contribution in [-0.4, -0.2) is 15.3 Å². The van der Waals surface area contributed by atoms with Gasteiger partial charge in [0.05, 0.1) is 0 Å². The number of aromatic nitrogens is 2. The topological polar surface area (TPSA) is 43.8 Å². The summed E-state index contributed by atoms with van der Waals surface area (Å²) in [6.07, 6.45) is 10.2. The van der Waals surface area contributed by atoms with Gasteiger partial charge in [-0.2, -0.15) is 5.10 Å². The van der Waals surface area contributed by atoms with Crippen LogP contribution in [0.15, 0.2) is 12.3 Å². The number of hydrogen-bond acceptors (Lipinski definition) is 2. The van der Waals surface area contributed by atoms with Gasteiger partial charge in [-0.05, 0) is 55.9 Å². The zero-order valence-electron chi connectivity index (χ0n) is 13.7. The molecule has 1 aromatic heterocycles. The van der Waals surface area contributed by atoms with E-state index < -0.39 is 0 Å². The summed E-state index contributed by atoms with van der Waals surface area (Å²) in [5, 5.41) is 4.23. The van der Waals surface area contributed by atoms with Gasteiger partial charge in [0.1, 0.15) is 0 Å². The van der Waals surface area contributed by atoms with E-state index >= 15 is 0 Å². The third-order valence-corrected chi connectivity index (χ3v) is 5.80. The fourth-order valence-electron chi connectivity index (χ4n) is 3.54. The monoisotopic (exact) mass is 277 g/mol. The summed E-state index contributed by atoms with van der Waals surface area (Å²) in [4.78, 5) is 0. The molecule has 1 aliphatic rings. The maximum atomic E-state index is 6.64. The molecule has 0 amide bonds. The first kappa shape index (κ1) is 15.6. The number of nitrogens with two attached hydrogens (primary N) is 1. The summed E-state index contributed by atoms with van der Waals surface area (Å²) in [7, 11) is 2.01. The first-order valence-corrected chi connectivity index (χ1v) is 8.12. The summed E-state index contributed by atoms with van der Waals surface area (Å²) in [6, 6.07) is 2.11. The van der Waals surface area contributed by atoms with E-state index in [1.807, 2.05) is 17.9 Å². The van der Waals surface area contributed by atoms with Crippen LogP contribution >= 0.6 is 0 Å². The molecule has 1 saturated carbocycles. The van der Waals surface area contributed by atoms with Gasteiger partial charge in [-0.15, -0.1) is 0 Å². The van der Waals surface area contributed by atoms with Crippen molar-refractivity contribution in [3.05, 3.63) is 18.0 Å². The van der Waals surface area contributed by atoms with Gasteiger partial charge in [0.25, 0.3) is 0 Å². The predicted molar refractivity (Wildman–Crippen MR) is 84.5 cm³/mol. The third-order valence-electron chi connectivity index (χ3n) is 5.80. The Hall–Kier alpha value is -0.830. The molecule has 3 nitrogen and oxygen atoms in total.